The Morgan fingerprint density at radius 3 is 0.682 bits per heavy atom. The number of hydrogen-bond donors (Lipinski definition) is 0. The molecule has 0 unspecified atom stereocenters. The number of para-hydroxylation sites is 2. The number of nitrogens with zero attached hydrogens (tertiary/aromatic N) is 2. The molecule has 88 heavy (non-hydrogen) atoms. The number of rotatable bonds is 12. The fourth-order valence-electron chi connectivity index (χ4n) is 13.7. The lowest BCUT2D eigenvalue weighted by Gasteiger charge is -2.27. The summed E-state index contributed by atoms with van der Waals surface area (Å²) in [5, 5.41) is 12.1. The SMILES string of the molecule is c1ccc(-c2ccc(N(c3ccccc3)c3cccc(-c4c5ccccc5c(-c5ccc(-c6c7ccccc7c(-c7cccc(N(c8ccccc8)c8ccc(-c9ccccc9)cc8)c7)c7ccccc67)c6ccccc56)c5ccccc45)c3)cc2)cc1. The van der Waals surface area contributed by atoms with Crippen molar-refractivity contribution in [2.45, 2.75) is 0 Å². The van der Waals surface area contributed by atoms with Crippen LogP contribution in [-0.2, 0) is 0 Å². The summed E-state index contributed by atoms with van der Waals surface area (Å²) < 4.78 is 0. The minimum absolute atomic E-state index is 1.09. The summed E-state index contributed by atoms with van der Waals surface area (Å²) >= 11 is 0. The van der Waals surface area contributed by atoms with Crippen molar-refractivity contribution in [2.75, 3.05) is 9.80 Å². The molecule has 0 N–H and O–H groups in total. The van der Waals surface area contributed by atoms with Crippen molar-refractivity contribution in [1.29, 1.82) is 0 Å². The zero-order chi connectivity index (χ0) is 58.3. The van der Waals surface area contributed by atoms with Gasteiger partial charge in [-0.1, -0.05) is 279 Å². The largest absolute Gasteiger partial charge is 0.310 e. The van der Waals surface area contributed by atoms with E-state index >= 15 is 0 Å². The quantitative estimate of drug-likeness (QED) is 0.113. The van der Waals surface area contributed by atoms with Crippen LogP contribution in [0.3, 0.4) is 0 Å². The third-order valence-corrected chi connectivity index (χ3v) is 17.6. The van der Waals surface area contributed by atoms with Gasteiger partial charge in [0.15, 0.2) is 0 Å². The zero-order valence-corrected chi connectivity index (χ0v) is 48.4. The molecule has 16 aromatic rings. The second kappa shape index (κ2) is 22.4. The molecular weight excluding hydrogens is 1060 g/mol. The second-order valence-electron chi connectivity index (χ2n) is 22.7. The molecule has 0 aliphatic carbocycles. The van der Waals surface area contributed by atoms with E-state index in [1.807, 2.05) is 0 Å². The average molecular weight is 1120 g/mol. The molecule has 0 radical (unpaired) electrons. The lowest BCUT2D eigenvalue weighted by Crippen LogP contribution is -2.09. The van der Waals surface area contributed by atoms with Crippen molar-refractivity contribution < 1.29 is 0 Å². The summed E-state index contributed by atoms with van der Waals surface area (Å²) in [5.74, 6) is 0. The van der Waals surface area contributed by atoms with Crippen molar-refractivity contribution in [1.82, 2.24) is 0 Å². The van der Waals surface area contributed by atoms with Crippen LogP contribution in [-0.4, -0.2) is 0 Å². The maximum absolute atomic E-state index is 2.40. The van der Waals surface area contributed by atoms with Gasteiger partial charge in [-0.05, 0) is 193 Å². The second-order valence-corrected chi connectivity index (χ2v) is 22.7. The van der Waals surface area contributed by atoms with Gasteiger partial charge in [-0.2, -0.15) is 0 Å². The highest BCUT2D eigenvalue weighted by atomic mass is 15.1. The van der Waals surface area contributed by atoms with Gasteiger partial charge in [-0.3, -0.25) is 0 Å². The minimum atomic E-state index is 1.09. The van der Waals surface area contributed by atoms with E-state index in [4.69, 9.17) is 0 Å². The molecular formula is C86H58N2. The number of benzene rings is 16. The molecule has 412 valence electrons. The first-order valence-corrected chi connectivity index (χ1v) is 30.3. The monoisotopic (exact) mass is 1120 g/mol. The summed E-state index contributed by atoms with van der Waals surface area (Å²) in [6.07, 6.45) is 0. The first-order valence-electron chi connectivity index (χ1n) is 30.3. The van der Waals surface area contributed by atoms with Crippen molar-refractivity contribution in [3.8, 4) is 66.8 Å². The van der Waals surface area contributed by atoms with E-state index in [1.54, 1.807) is 0 Å². The van der Waals surface area contributed by atoms with Crippen LogP contribution in [0.1, 0.15) is 0 Å². The summed E-state index contributed by atoms with van der Waals surface area (Å²) in [6.45, 7) is 0. The fraction of sp³-hybridized carbons (Fsp3) is 0. The van der Waals surface area contributed by atoms with Gasteiger partial charge >= 0.3 is 0 Å². The van der Waals surface area contributed by atoms with Crippen molar-refractivity contribution in [2.24, 2.45) is 0 Å². The Balaban J connectivity index is 0.832. The van der Waals surface area contributed by atoms with E-state index in [0.717, 1.165) is 45.3 Å². The normalized spacial score (nSPS) is 11.4. The highest BCUT2D eigenvalue weighted by Gasteiger charge is 2.24. The smallest absolute Gasteiger partial charge is 0.0467 e. The van der Waals surface area contributed by atoms with Gasteiger partial charge in [0.05, 0.1) is 0 Å². The van der Waals surface area contributed by atoms with Gasteiger partial charge < -0.3 is 9.80 Å². The van der Waals surface area contributed by atoms with Gasteiger partial charge in [0, 0.05) is 34.1 Å². The molecule has 0 fully saturated rings. The molecule has 0 spiro atoms. The van der Waals surface area contributed by atoms with Crippen LogP contribution >= 0.6 is 0 Å². The maximum Gasteiger partial charge on any atom is 0.0467 e. The van der Waals surface area contributed by atoms with Gasteiger partial charge in [0.1, 0.15) is 0 Å². The molecule has 0 aromatic heterocycles. The van der Waals surface area contributed by atoms with Crippen LogP contribution in [0.25, 0.3) is 121 Å². The standard InChI is InChI=1S/C86H58N2/c1-5-25-59(26-6-1)61-47-51-67(52-48-61)87(65-31-9-3-10-32-65)69-35-23-29-63(57-69)83-73-39-15-19-43-77(73)85(78-44-20-16-40-74(78)83)81-55-56-82(72-38-14-13-37-71(72)81)86-79-45-21-17-41-75(79)84(76-42-18-22-46-80(76)86)64-30-24-36-70(58-64)88(66-33-11-4-12-34-66)68-53-49-62(50-54-68)60-27-7-2-8-28-60/h1-58H. The zero-order valence-electron chi connectivity index (χ0n) is 48.4. The molecule has 16 aromatic carbocycles. The van der Waals surface area contributed by atoms with E-state index in [9.17, 15) is 0 Å². The fourth-order valence-corrected chi connectivity index (χ4v) is 13.7. The Morgan fingerprint density at radius 1 is 0.136 bits per heavy atom. The number of anilines is 6. The van der Waals surface area contributed by atoms with Crippen molar-refractivity contribution >= 4 is 88.0 Å². The van der Waals surface area contributed by atoms with Crippen LogP contribution < -0.4 is 9.80 Å². The molecule has 0 heterocycles. The molecule has 0 saturated carbocycles. The van der Waals surface area contributed by atoms with Crippen LogP contribution in [0.2, 0.25) is 0 Å². The van der Waals surface area contributed by atoms with Crippen LogP contribution in [0.4, 0.5) is 34.1 Å². The summed E-state index contributed by atoms with van der Waals surface area (Å²) in [4.78, 5) is 4.74. The van der Waals surface area contributed by atoms with Crippen molar-refractivity contribution in [3.63, 3.8) is 0 Å². The molecule has 0 aliphatic rings. The van der Waals surface area contributed by atoms with Gasteiger partial charge in [-0.15, -0.1) is 0 Å². The third kappa shape index (κ3) is 9.24. The van der Waals surface area contributed by atoms with E-state index < -0.39 is 0 Å². The molecule has 16 rings (SSSR count). The predicted octanol–water partition coefficient (Wildman–Crippen LogP) is 24.4. The number of hydrogen-bond acceptors (Lipinski definition) is 2. The molecule has 2 heteroatoms. The lowest BCUT2D eigenvalue weighted by molar-refractivity contribution is 1.28. The van der Waals surface area contributed by atoms with Crippen LogP contribution in [0.5, 0.6) is 0 Å². The van der Waals surface area contributed by atoms with E-state index in [2.05, 4.69) is 362 Å². The lowest BCUT2D eigenvalue weighted by atomic mass is 9.82. The molecule has 0 bridgehead atoms. The van der Waals surface area contributed by atoms with Crippen molar-refractivity contribution in [3.05, 3.63) is 352 Å². The maximum atomic E-state index is 2.40. The Morgan fingerprint density at radius 2 is 0.364 bits per heavy atom. The first kappa shape index (κ1) is 52.0. The minimum Gasteiger partial charge on any atom is -0.310 e. The van der Waals surface area contributed by atoms with Gasteiger partial charge in [-0.25, -0.2) is 0 Å². The summed E-state index contributed by atoms with van der Waals surface area (Å²) in [5.41, 5.74) is 21.0. The third-order valence-electron chi connectivity index (χ3n) is 17.6. The molecule has 0 amide bonds. The van der Waals surface area contributed by atoms with E-state index in [1.165, 1.54) is 109 Å². The highest BCUT2D eigenvalue weighted by molar-refractivity contribution is 6.27. The Kier molecular flexibility index (Phi) is 13.3. The molecule has 0 atom stereocenters. The topological polar surface area (TPSA) is 6.48 Å². The Hall–Kier alpha value is -11.6. The van der Waals surface area contributed by atoms with E-state index in [0.29, 0.717) is 0 Å². The Bertz CT molecular complexity index is 4790. The molecule has 0 aliphatic heterocycles. The molecule has 2 nitrogen and oxygen atoms in total. The first-order chi connectivity index (χ1) is 43.7. The van der Waals surface area contributed by atoms with Crippen LogP contribution in [0.15, 0.2) is 352 Å². The van der Waals surface area contributed by atoms with Crippen LogP contribution in [0, 0.1) is 0 Å². The average Bonchev–Trinajstić information content (AvgIpc) is 0.944. The van der Waals surface area contributed by atoms with E-state index in [-0.39, 0.29) is 0 Å². The molecule has 0 saturated heterocycles. The highest BCUT2D eigenvalue weighted by Crippen LogP contribution is 2.51. The summed E-state index contributed by atoms with van der Waals surface area (Å²) in [7, 11) is 0. The predicted molar refractivity (Wildman–Crippen MR) is 376 cm³/mol. The summed E-state index contributed by atoms with van der Waals surface area (Å²) in [6, 6.07) is 129. The van der Waals surface area contributed by atoms with Gasteiger partial charge in [0.2, 0.25) is 0 Å². The number of fused-ring (bicyclic) bond motifs is 5. The Labute approximate surface area is 513 Å². The van der Waals surface area contributed by atoms with Gasteiger partial charge in [0.25, 0.3) is 0 Å².